The molecule has 4 nitrogen and oxygen atoms in total. The topological polar surface area (TPSA) is 58.2 Å². The Kier molecular flexibility index (Phi) is 6.18. The van der Waals surface area contributed by atoms with Gasteiger partial charge in [-0.25, -0.2) is 0 Å². The predicted molar refractivity (Wildman–Crippen MR) is 80.6 cm³/mol. The molecule has 0 radical (unpaired) electrons. The van der Waals surface area contributed by atoms with Gasteiger partial charge in [0.15, 0.2) is 0 Å². The number of carbonyl (C=O) groups is 2. The second-order valence-corrected chi connectivity index (χ2v) is 6.28. The molecule has 0 aliphatic rings. The van der Waals surface area contributed by atoms with E-state index in [9.17, 15) is 22.8 Å². The van der Waals surface area contributed by atoms with Gasteiger partial charge >= 0.3 is 6.18 Å². The SMILES string of the molecule is CC(C)(C)C(=O)NCC(=O)N[C@H](Cc1ccccc1)C(F)(F)F. The van der Waals surface area contributed by atoms with Crippen LogP contribution in [0.1, 0.15) is 26.3 Å². The van der Waals surface area contributed by atoms with Gasteiger partial charge in [-0.15, -0.1) is 0 Å². The first kappa shape index (κ1) is 19.0. The second kappa shape index (κ2) is 7.48. The van der Waals surface area contributed by atoms with E-state index in [0.29, 0.717) is 5.56 Å². The van der Waals surface area contributed by atoms with Gasteiger partial charge in [0.25, 0.3) is 0 Å². The first-order valence-corrected chi connectivity index (χ1v) is 7.18. The molecule has 0 aromatic heterocycles. The standard InChI is InChI=1S/C16H21F3N2O2/c1-15(2,3)14(23)20-10-13(22)21-12(16(17,18)19)9-11-7-5-4-6-8-11/h4-8,12H,9-10H2,1-3H3,(H,20,23)(H,21,22)/t12-/m1/s1. The molecule has 1 aromatic carbocycles. The van der Waals surface area contributed by atoms with E-state index in [0.717, 1.165) is 0 Å². The van der Waals surface area contributed by atoms with Crippen LogP contribution in [-0.4, -0.2) is 30.6 Å². The fourth-order valence-electron chi connectivity index (χ4n) is 1.77. The van der Waals surface area contributed by atoms with Crippen LogP contribution in [0.4, 0.5) is 13.2 Å². The van der Waals surface area contributed by atoms with Crippen LogP contribution in [0.2, 0.25) is 0 Å². The molecule has 0 saturated carbocycles. The maximum Gasteiger partial charge on any atom is 0.408 e. The zero-order valence-electron chi connectivity index (χ0n) is 13.3. The lowest BCUT2D eigenvalue weighted by Gasteiger charge is -2.23. The van der Waals surface area contributed by atoms with Crippen molar-refractivity contribution in [1.29, 1.82) is 0 Å². The van der Waals surface area contributed by atoms with Crippen LogP contribution in [0.15, 0.2) is 30.3 Å². The van der Waals surface area contributed by atoms with Gasteiger partial charge in [-0.1, -0.05) is 51.1 Å². The highest BCUT2D eigenvalue weighted by atomic mass is 19.4. The Morgan fingerprint density at radius 1 is 1.09 bits per heavy atom. The number of amides is 2. The zero-order chi connectivity index (χ0) is 17.7. The molecule has 1 rings (SSSR count). The largest absolute Gasteiger partial charge is 0.408 e. The van der Waals surface area contributed by atoms with Crippen molar-refractivity contribution in [2.45, 2.75) is 39.4 Å². The van der Waals surface area contributed by atoms with E-state index in [2.05, 4.69) is 5.32 Å². The summed E-state index contributed by atoms with van der Waals surface area (Å²) in [5, 5.41) is 4.26. The van der Waals surface area contributed by atoms with Crippen molar-refractivity contribution in [1.82, 2.24) is 10.6 Å². The van der Waals surface area contributed by atoms with Crippen molar-refractivity contribution in [2.75, 3.05) is 6.54 Å². The van der Waals surface area contributed by atoms with Crippen LogP contribution < -0.4 is 10.6 Å². The summed E-state index contributed by atoms with van der Waals surface area (Å²) in [6.45, 7) is 4.45. The minimum absolute atomic E-state index is 0.358. The first-order chi connectivity index (χ1) is 10.5. The molecule has 0 spiro atoms. The van der Waals surface area contributed by atoms with Gasteiger partial charge < -0.3 is 10.6 Å². The van der Waals surface area contributed by atoms with Gasteiger partial charge in [0.05, 0.1) is 6.54 Å². The monoisotopic (exact) mass is 330 g/mol. The molecule has 1 atom stereocenters. The Hall–Kier alpha value is -2.05. The lowest BCUT2D eigenvalue weighted by molar-refractivity contribution is -0.161. The maximum absolute atomic E-state index is 13.1. The molecule has 0 saturated heterocycles. The van der Waals surface area contributed by atoms with Crippen molar-refractivity contribution >= 4 is 11.8 Å². The van der Waals surface area contributed by atoms with E-state index in [-0.39, 0.29) is 6.42 Å². The average Bonchev–Trinajstić information content (AvgIpc) is 2.43. The summed E-state index contributed by atoms with van der Waals surface area (Å²) in [4.78, 5) is 23.3. The van der Waals surface area contributed by atoms with Crippen molar-refractivity contribution < 1.29 is 22.8 Å². The number of hydrogen-bond donors (Lipinski definition) is 2. The summed E-state index contributed by atoms with van der Waals surface area (Å²) in [7, 11) is 0. The number of alkyl halides is 3. The van der Waals surface area contributed by atoms with Crippen LogP contribution in [-0.2, 0) is 16.0 Å². The number of rotatable bonds is 5. The van der Waals surface area contributed by atoms with Gasteiger partial charge in [0.1, 0.15) is 6.04 Å². The van der Waals surface area contributed by atoms with Crippen LogP contribution in [0.5, 0.6) is 0 Å². The molecule has 128 valence electrons. The van der Waals surface area contributed by atoms with E-state index in [4.69, 9.17) is 0 Å². The fourth-order valence-corrected chi connectivity index (χ4v) is 1.77. The fraction of sp³-hybridized carbons (Fsp3) is 0.500. The Morgan fingerprint density at radius 2 is 1.65 bits per heavy atom. The molecular formula is C16H21F3N2O2. The Bertz CT molecular complexity index is 536. The summed E-state index contributed by atoms with van der Waals surface area (Å²) < 4.78 is 39.2. The molecule has 0 unspecified atom stereocenters. The van der Waals surface area contributed by atoms with Crippen molar-refractivity contribution in [3.05, 3.63) is 35.9 Å². The quantitative estimate of drug-likeness (QED) is 0.871. The molecule has 0 heterocycles. The molecule has 1 aromatic rings. The van der Waals surface area contributed by atoms with Crippen LogP contribution in [0, 0.1) is 5.41 Å². The summed E-state index contributed by atoms with van der Waals surface area (Å²) >= 11 is 0. The zero-order valence-corrected chi connectivity index (χ0v) is 13.3. The average molecular weight is 330 g/mol. The number of carbonyl (C=O) groups excluding carboxylic acids is 2. The van der Waals surface area contributed by atoms with E-state index in [1.165, 1.54) is 0 Å². The first-order valence-electron chi connectivity index (χ1n) is 7.18. The minimum atomic E-state index is -4.57. The van der Waals surface area contributed by atoms with Crippen LogP contribution >= 0.6 is 0 Å². The van der Waals surface area contributed by atoms with Gasteiger partial charge in [-0.05, 0) is 5.56 Å². The summed E-state index contributed by atoms with van der Waals surface area (Å²) in [6.07, 6.45) is -4.93. The summed E-state index contributed by atoms with van der Waals surface area (Å²) in [5.41, 5.74) is -0.248. The van der Waals surface area contributed by atoms with Gasteiger partial charge in [0, 0.05) is 11.8 Å². The predicted octanol–water partition coefficient (Wildman–Crippen LogP) is 2.44. The van der Waals surface area contributed by atoms with Crippen molar-refractivity contribution in [3.63, 3.8) is 0 Å². The molecule has 0 bridgehead atoms. The highest BCUT2D eigenvalue weighted by molar-refractivity contribution is 5.87. The Labute approximate surface area is 133 Å². The molecule has 0 aliphatic carbocycles. The number of halogens is 3. The molecule has 2 N–H and O–H groups in total. The summed E-state index contributed by atoms with van der Waals surface area (Å²) in [5.74, 6) is -1.28. The third-order valence-corrected chi connectivity index (χ3v) is 3.10. The Morgan fingerprint density at radius 3 is 2.13 bits per heavy atom. The number of benzene rings is 1. The molecular weight excluding hydrogens is 309 g/mol. The number of hydrogen-bond acceptors (Lipinski definition) is 2. The molecule has 7 heteroatoms. The van der Waals surface area contributed by atoms with E-state index >= 15 is 0 Å². The van der Waals surface area contributed by atoms with Crippen LogP contribution in [0.25, 0.3) is 0 Å². The Balaban J connectivity index is 2.64. The van der Waals surface area contributed by atoms with Crippen molar-refractivity contribution in [3.8, 4) is 0 Å². The van der Waals surface area contributed by atoms with E-state index < -0.39 is 36.0 Å². The van der Waals surface area contributed by atoms with Crippen LogP contribution in [0.3, 0.4) is 0 Å². The maximum atomic E-state index is 13.1. The molecule has 0 fully saturated rings. The van der Waals surface area contributed by atoms with Crippen molar-refractivity contribution in [2.24, 2.45) is 5.41 Å². The van der Waals surface area contributed by atoms with Gasteiger partial charge in [-0.2, -0.15) is 13.2 Å². The second-order valence-electron chi connectivity index (χ2n) is 6.28. The highest BCUT2D eigenvalue weighted by Gasteiger charge is 2.40. The highest BCUT2D eigenvalue weighted by Crippen LogP contribution is 2.23. The molecule has 2 amide bonds. The number of nitrogens with one attached hydrogen (secondary N) is 2. The van der Waals surface area contributed by atoms with Gasteiger partial charge in [0.2, 0.25) is 11.8 Å². The van der Waals surface area contributed by atoms with E-state index in [1.54, 1.807) is 51.1 Å². The summed E-state index contributed by atoms with van der Waals surface area (Å²) in [6, 6.07) is 6.09. The third-order valence-electron chi connectivity index (χ3n) is 3.10. The van der Waals surface area contributed by atoms with E-state index in [1.807, 2.05) is 5.32 Å². The smallest absolute Gasteiger partial charge is 0.347 e. The molecule has 0 aliphatic heterocycles. The normalized spacial score (nSPS) is 13.3. The minimum Gasteiger partial charge on any atom is -0.347 e. The lowest BCUT2D eigenvalue weighted by Crippen LogP contribution is -2.50. The third kappa shape index (κ3) is 6.71. The van der Waals surface area contributed by atoms with Gasteiger partial charge in [-0.3, -0.25) is 9.59 Å². The molecule has 23 heavy (non-hydrogen) atoms. The lowest BCUT2D eigenvalue weighted by atomic mass is 9.96.